The molecule has 0 radical (unpaired) electrons. The van der Waals surface area contributed by atoms with Crippen molar-refractivity contribution in [3.8, 4) is 45.0 Å². The quantitative estimate of drug-likeness (QED) is 0.0411. The first-order valence-electron chi connectivity index (χ1n) is 34.8. The Morgan fingerprint density at radius 1 is 0.333 bits per heavy atom. The zero-order valence-corrected chi connectivity index (χ0v) is 61.5. The fraction of sp³-hybridized carbons (Fsp3) is 0.181. The highest BCUT2D eigenvalue weighted by Gasteiger charge is 2.30. The largest absolute Gasteiger partial charge is 0.309 e. The van der Waals surface area contributed by atoms with Crippen LogP contribution in [-0.2, 0) is 85.0 Å². The third-order valence-electron chi connectivity index (χ3n) is 18.7. The molecule has 0 saturated carbocycles. The summed E-state index contributed by atoms with van der Waals surface area (Å²) >= 11 is 2.24. The predicted molar refractivity (Wildman–Crippen MR) is 401 cm³/mol. The average molecular weight is 1630 g/mol. The van der Waals surface area contributed by atoms with E-state index in [2.05, 4.69) is 83.7 Å². The SMILES string of the molecule is Cc1nc2c(nc1NC(=O)Cc1c(F)c(F)c(F)c(F)c1F)CCc1cc(F)ccc1-2.Cc1nc2c(nc1NC(=O)Cc1ccc(F)c(F)c1)CCc1cc(F)ccc1-2.Cc1nc2c(nc1NC(=O)Cc1ccc(I)cc1)CCc1cc(F)ccc1-2.Cc1nc2c(nc1NC(=O)c1ccccc1)CCc1cc(F)ccc1-2. The van der Waals surface area contributed by atoms with Crippen molar-refractivity contribution in [2.45, 2.75) is 98.3 Å². The summed E-state index contributed by atoms with van der Waals surface area (Å²) in [6.45, 7) is 6.88. The summed E-state index contributed by atoms with van der Waals surface area (Å²) in [5.74, 6) is -14.2. The van der Waals surface area contributed by atoms with Gasteiger partial charge >= 0.3 is 0 Å². The van der Waals surface area contributed by atoms with Gasteiger partial charge in [0.1, 0.15) is 23.3 Å². The number of halogens is 12. The number of hydrogen-bond acceptors (Lipinski definition) is 12. The molecule has 111 heavy (non-hydrogen) atoms. The van der Waals surface area contributed by atoms with Gasteiger partial charge in [-0.25, -0.2) is 88.2 Å². The monoisotopic (exact) mass is 1630 g/mol. The number of nitrogens with one attached hydrogen (secondary N) is 4. The maximum Gasteiger partial charge on any atom is 0.256 e. The summed E-state index contributed by atoms with van der Waals surface area (Å²) in [4.78, 5) is 85.7. The van der Waals surface area contributed by atoms with Crippen molar-refractivity contribution in [2.24, 2.45) is 0 Å². The molecule has 4 amide bonds. The smallest absolute Gasteiger partial charge is 0.256 e. The fourth-order valence-electron chi connectivity index (χ4n) is 13.1. The van der Waals surface area contributed by atoms with E-state index >= 15 is 0 Å². The van der Waals surface area contributed by atoms with Gasteiger partial charge < -0.3 is 21.3 Å². The Balaban J connectivity index is 0.000000130. The third-order valence-corrected chi connectivity index (χ3v) is 19.4. The Bertz CT molecular complexity index is 5710. The maximum absolute atomic E-state index is 13.8. The lowest BCUT2D eigenvalue weighted by atomic mass is 9.91. The Kier molecular flexibility index (Phi) is 22.9. The summed E-state index contributed by atoms with van der Waals surface area (Å²) in [5, 5.41) is 10.7. The fourth-order valence-corrected chi connectivity index (χ4v) is 13.5. The van der Waals surface area contributed by atoms with Gasteiger partial charge in [-0.05, 0) is 244 Å². The maximum atomic E-state index is 13.8. The molecule has 0 spiro atoms. The van der Waals surface area contributed by atoms with E-state index in [9.17, 15) is 67.5 Å². The minimum Gasteiger partial charge on any atom is -0.309 e. The van der Waals surface area contributed by atoms with E-state index < -0.39 is 64.5 Å². The normalized spacial score (nSPS) is 12.3. The first kappa shape index (κ1) is 77.1. The van der Waals surface area contributed by atoms with Gasteiger partial charge in [0.25, 0.3) is 5.91 Å². The predicted octanol–water partition coefficient (Wildman–Crippen LogP) is 17.1. The van der Waals surface area contributed by atoms with Crippen LogP contribution in [0, 0.1) is 95.3 Å². The van der Waals surface area contributed by atoms with E-state index in [-0.39, 0.29) is 59.4 Å². The number of fused-ring (bicyclic) bond motifs is 12. The van der Waals surface area contributed by atoms with Crippen LogP contribution in [0.4, 0.5) is 71.6 Å². The van der Waals surface area contributed by atoms with Gasteiger partial charge in [0.05, 0.1) is 87.6 Å². The van der Waals surface area contributed by atoms with Crippen molar-refractivity contribution in [2.75, 3.05) is 21.3 Å². The van der Waals surface area contributed by atoms with E-state index in [1.807, 2.05) is 56.3 Å². The number of carbonyl (C=O) groups is 4. The average Bonchev–Trinajstić information content (AvgIpc) is 0.742. The highest BCUT2D eigenvalue weighted by Crippen LogP contribution is 2.38. The third kappa shape index (κ3) is 17.5. The molecule has 16 nitrogen and oxygen atoms in total. The number of amides is 4. The minimum atomic E-state index is -2.30. The number of benzene rings is 8. The van der Waals surface area contributed by atoms with Gasteiger partial charge in [0.2, 0.25) is 23.5 Å². The Hall–Kier alpha value is -12.1. The first-order valence-corrected chi connectivity index (χ1v) is 35.9. The zero-order valence-electron chi connectivity index (χ0n) is 59.4. The van der Waals surface area contributed by atoms with Crippen LogP contribution in [0.2, 0.25) is 0 Å². The van der Waals surface area contributed by atoms with Crippen LogP contribution in [0.15, 0.2) is 146 Å². The standard InChI is InChI=1S/C21H13F6N3O.C21H16F3N3O.C21H17FIN3O.C20H16FN3O/c1-8-21(29-13-5-2-9-6-10(22)3-4-11(9)20(13)28-8)30-14(31)7-12-15(23)17(25)19(27)18(26)16(12)24;1-11-21(27-19(28)9-12-2-6-16(23)17(24)8-12)26-18-7-3-13-10-14(22)4-5-15(13)20(18)25-11;1-12-21(26-19(27)10-13-2-6-16(23)7-3-13)25-18-9-4-14-11-15(22)5-8-17(14)20(18)24-12;1-12-19(24-20(25)13-5-3-2-4-6-13)23-17-10-7-14-11-15(21)8-9-16(14)18(17)22-12/h3-4,6H,2,5,7H2,1H3,(H,29,30,31);2,4-6,8,10H,3,7,9H2,1H3,(H,26,27,28);2-3,5-8,11H,4,9-10H2,1H3,(H,25,26,27);2-6,8-9,11H,7,10H2,1H3,(H,23,24,25). The summed E-state index contributed by atoms with van der Waals surface area (Å²) in [6, 6.07) is 38.6. The van der Waals surface area contributed by atoms with Crippen molar-refractivity contribution >= 4 is 69.5 Å². The van der Waals surface area contributed by atoms with Crippen LogP contribution < -0.4 is 21.3 Å². The molecule has 8 aromatic carbocycles. The molecule has 562 valence electrons. The zero-order chi connectivity index (χ0) is 78.6. The van der Waals surface area contributed by atoms with Crippen molar-refractivity contribution < 1.29 is 67.5 Å². The highest BCUT2D eigenvalue weighted by molar-refractivity contribution is 14.1. The number of aryl methyl sites for hydroxylation is 12. The van der Waals surface area contributed by atoms with Crippen LogP contribution in [0.1, 0.15) is 94.9 Å². The Morgan fingerprint density at radius 2 is 0.658 bits per heavy atom. The van der Waals surface area contributed by atoms with Crippen molar-refractivity contribution in [3.05, 3.63) is 303 Å². The van der Waals surface area contributed by atoms with Crippen LogP contribution in [0.25, 0.3) is 45.0 Å². The van der Waals surface area contributed by atoms with Crippen LogP contribution in [0.5, 0.6) is 0 Å². The second-order valence-electron chi connectivity index (χ2n) is 26.4. The molecular weight excluding hydrogens is 1560 g/mol. The van der Waals surface area contributed by atoms with E-state index in [0.717, 1.165) is 88.7 Å². The summed E-state index contributed by atoms with van der Waals surface area (Å²) in [6.07, 6.45) is 4.01. The molecule has 16 rings (SSSR count). The Labute approximate surface area is 641 Å². The van der Waals surface area contributed by atoms with Crippen LogP contribution in [0.3, 0.4) is 0 Å². The summed E-state index contributed by atoms with van der Waals surface area (Å²) in [7, 11) is 0. The molecule has 4 heterocycles. The number of rotatable bonds is 11. The molecule has 28 heteroatoms. The lowest BCUT2D eigenvalue weighted by molar-refractivity contribution is -0.116. The molecule has 4 N–H and O–H groups in total. The molecule has 4 aliphatic carbocycles. The number of carbonyl (C=O) groups excluding carboxylic acids is 4. The van der Waals surface area contributed by atoms with Gasteiger partial charge in [-0.1, -0.05) is 36.4 Å². The molecule has 0 unspecified atom stereocenters. The number of nitrogens with zero attached hydrogens (tertiary/aromatic N) is 8. The molecule has 4 aromatic heterocycles. The van der Waals surface area contributed by atoms with Gasteiger partial charge in [0, 0.05) is 37.0 Å². The molecule has 0 fully saturated rings. The number of hydrogen-bond donors (Lipinski definition) is 4. The van der Waals surface area contributed by atoms with Crippen molar-refractivity contribution in [1.82, 2.24) is 39.9 Å². The molecular formula is C83H62F11IN12O4. The van der Waals surface area contributed by atoms with Crippen molar-refractivity contribution in [1.29, 1.82) is 0 Å². The molecule has 0 saturated heterocycles. The number of aromatic nitrogens is 8. The second-order valence-corrected chi connectivity index (χ2v) is 27.7. The van der Waals surface area contributed by atoms with Crippen LogP contribution in [-0.4, -0.2) is 63.5 Å². The highest BCUT2D eigenvalue weighted by atomic mass is 127. The molecule has 0 bridgehead atoms. The van der Waals surface area contributed by atoms with E-state index in [1.165, 1.54) is 49.4 Å². The second kappa shape index (κ2) is 33.0. The van der Waals surface area contributed by atoms with E-state index in [0.29, 0.717) is 120 Å². The molecule has 4 aliphatic rings. The van der Waals surface area contributed by atoms with Gasteiger partial charge in [-0.2, -0.15) is 0 Å². The molecule has 0 atom stereocenters. The van der Waals surface area contributed by atoms with Gasteiger partial charge in [-0.15, -0.1) is 0 Å². The minimum absolute atomic E-state index is 0.00168. The molecule has 12 aromatic rings. The lowest BCUT2D eigenvalue weighted by Crippen LogP contribution is -2.21. The van der Waals surface area contributed by atoms with Gasteiger partial charge in [0.15, 0.2) is 58.2 Å². The first-order chi connectivity index (χ1) is 53.2. The van der Waals surface area contributed by atoms with E-state index in [4.69, 9.17) is 0 Å². The van der Waals surface area contributed by atoms with Gasteiger partial charge in [-0.3, -0.25) is 19.2 Å². The summed E-state index contributed by atoms with van der Waals surface area (Å²) < 4.78 is 149. The Morgan fingerprint density at radius 3 is 1.02 bits per heavy atom. The summed E-state index contributed by atoms with van der Waals surface area (Å²) in [5.41, 5.74) is 15.3. The lowest BCUT2D eigenvalue weighted by Gasteiger charge is -2.20. The topological polar surface area (TPSA) is 220 Å². The molecule has 0 aliphatic heterocycles. The van der Waals surface area contributed by atoms with E-state index in [1.54, 1.807) is 55.5 Å². The van der Waals surface area contributed by atoms with Crippen LogP contribution >= 0.6 is 22.6 Å². The number of anilines is 4. The van der Waals surface area contributed by atoms with Crippen molar-refractivity contribution in [3.63, 3.8) is 0 Å².